The van der Waals surface area contributed by atoms with Crippen LogP contribution in [0.15, 0.2) is 23.1 Å². The average Bonchev–Trinajstić information content (AvgIpc) is 2.67. The maximum absolute atomic E-state index is 5.29. The van der Waals surface area contributed by atoms with Crippen molar-refractivity contribution in [3.63, 3.8) is 0 Å². The minimum absolute atomic E-state index is 0.903. The summed E-state index contributed by atoms with van der Waals surface area (Å²) in [5.74, 6) is 0.910. The van der Waals surface area contributed by atoms with Crippen LogP contribution in [-0.2, 0) is 0 Å². The highest BCUT2D eigenvalue weighted by Gasteiger charge is 2.11. The van der Waals surface area contributed by atoms with Crippen LogP contribution < -0.4 is 4.74 Å². The third kappa shape index (κ3) is 1.85. The molecule has 0 unspecified atom stereocenters. The Balaban J connectivity index is 2.59. The SMILES string of the molecule is COc1cc(C)c(-c2nc[nH]c2Br)cc1C. The topological polar surface area (TPSA) is 37.9 Å². The summed E-state index contributed by atoms with van der Waals surface area (Å²) in [5, 5.41) is 0. The normalized spacial score (nSPS) is 10.5. The third-order valence-electron chi connectivity index (χ3n) is 2.59. The molecule has 16 heavy (non-hydrogen) atoms. The van der Waals surface area contributed by atoms with Gasteiger partial charge in [0, 0.05) is 5.56 Å². The second-order valence-corrected chi connectivity index (χ2v) is 4.49. The lowest BCUT2D eigenvalue weighted by Gasteiger charge is -2.10. The number of ether oxygens (including phenoxy) is 1. The van der Waals surface area contributed by atoms with Crippen LogP contribution in [0.2, 0.25) is 0 Å². The number of aromatic amines is 1. The lowest BCUT2D eigenvalue weighted by atomic mass is 10.0. The van der Waals surface area contributed by atoms with E-state index >= 15 is 0 Å². The van der Waals surface area contributed by atoms with Crippen molar-refractivity contribution in [1.82, 2.24) is 9.97 Å². The van der Waals surface area contributed by atoms with E-state index in [-0.39, 0.29) is 0 Å². The Morgan fingerprint density at radius 1 is 1.25 bits per heavy atom. The van der Waals surface area contributed by atoms with Crippen LogP contribution in [0.1, 0.15) is 11.1 Å². The van der Waals surface area contributed by atoms with Crippen molar-refractivity contribution in [1.29, 1.82) is 0 Å². The number of methoxy groups -OCH3 is 1. The minimum atomic E-state index is 0.903. The van der Waals surface area contributed by atoms with Gasteiger partial charge in [-0.1, -0.05) is 0 Å². The molecule has 0 radical (unpaired) electrons. The van der Waals surface area contributed by atoms with Gasteiger partial charge in [-0.15, -0.1) is 0 Å². The Labute approximate surface area is 103 Å². The molecule has 0 aliphatic carbocycles. The van der Waals surface area contributed by atoms with Gasteiger partial charge in [0.2, 0.25) is 0 Å². The van der Waals surface area contributed by atoms with E-state index in [2.05, 4.69) is 38.9 Å². The Bertz CT molecular complexity index is 520. The molecule has 2 aromatic rings. The fourth-order valence-electron chi connectivity index (χ4n) is 1.73. The van der Waals surface area contributed by atoms with Gasteiger partial charge in [0.15, 0.2) is 0 Å². The highest BCUT2D eigenvalue weighted by atomic mass is 79.9. The molecular formula is C12H13BrN2O. The lowest BCUT2D eigenvalue weighted by molar-refractivity contribution is 0.411. The smallest absolute Gasteiger partial charge is 0.122 e. The van der Waals surface area contributed by atoms with E-state index in [0.717, 1.165) is 32.7 Å². The number of nitrogens with one attached hydrogen (secondary N) is 1. The highest BCUT2D eigenvalue weighted by Crippen LogP contribution is 2.32. The Kier molecular flexibility index (Phi) is 3.01. The number of halogens is 1. The van der Waals surface area contributed by atoms with E-state index in [1.54, 1.807) is 13.4 Å². The number of hydrogen-bond acceptors (Lipinski definition) is 2. The first-order valence-electron chi connectivity index (χ1n) is 4.98. The quantitative estimate of drug-likeness (QED) is 0.915. The number of aromatic nitrogens is 2. The summed E-state index contributed by atoms with van der Waals surface area (Å²) in [6.45, 7) is 4.08. The van der Waals surface area contributed by atoms with Gasteiger partial charge in [-0.2, -0.15) is 0 Å². The molecule has 0 saturated carbocycles. The number of imidazole rings is 1. The molecule has 4 heteroatoms. The van der Waals surface area contributed by atoms with Crippen molar-refractivity contribution in [3.05, 3.63) is 34.2 Å². The number of hydrogen-bond donors (Lipinski definition) is 1. The molecule has 1 N–H and O–H groups in total. The molecule has 0 atom stereocenters. The third-order valence-corrected chi connectivity index (χ3v) is 3.19. The van der Waals surface area contributed by atoms with Crippen LogP contribution in [0, 0.1) is 13.8 Å². The van der Waals surface area contributed by atoms with Crippen molar-refractivity contribution in [2.45, 2.75) is 13.8 Å². The van der Waals surface area contributed by atoms with Crippen molar-refractivity contribution < 1.29 is 4.74 Å². The summed E-state index contributed by atoms with van der Waals surface area (Å²) in [5.41, 5.74) is 4.31. The van der Waals surface area contributed by atoms with Crippen LogP contribution in [0.25, 0.3) is 11.3 Å². The number of nitrogens with zero attached hydrogens (tertiary/aromatic N) is 1. The van der Waals surface area contributed by atoms with Crippen LogP contribution >= 0.6 is 15.9 Å². The Morgan fingerprint density at radius 2 is 2.00 bits per heavy atom. The Morgan fingerprint density at radius 3 is 2.56 bits per heavy atom. The predicted molar refractivity (Wildman–Crippen MR) is 67.7 cm³/mol. The first-order chi connectivity index (χ1) is 7.63. The van der Waals surface area contributed by atoms with Gasteiger partial charge in [0.25, 0.3) is 0 Å². The molecule has 1 aromatic heterocycles. The molecule has 0 bridgehead atoms. The molecule has 2 rings (SSSR count). The second-order valence-electron chi connectivity index (χ2n) is 3.70. The molecule has 0 fully saturated rings. The standard InChI is InChI=1S/C12H13BrN2O/c1-7-5-10(16-3)8(2)4-9(7)11-12(13)15-6-14-11/h4-6H,1-3H3,(H,14,15). The van der Waals surface area contributed by atoms with Crippen LogP contribution in [-0.4, -0.2) is 17.1 Å². The maximum Gasteiger partial charge on any atom is 0.122 e. The van der Waals surface area contributed by atoms with Crippen LogP contribution in [0.4, 0.5) is 0 Å². The first kappa shape index (κ1) is 11.2. The van der Waals surface area contributed by atoms with Crippen molar-refractivity contribution >= 4 is 15.9 Å². The van der Waals surface area contributed by atoms with Gasteiger partial charge in [0.05, 0.1) is 13.4 Å². The average molecular weight is 281 g/mol. The van der Waals surface area contributed by atoms with Crippen molar-refractivity contribution in [2.75, 3.05) is 7.11 Å². The largest absolute Gasteiger partial charge is 0.496 e. The van der Waals surface area contributed by atoms with Gasteiger partial charge in [0.1, 0.15) is 16.0 Å². The number of benzene rings is 1. The summed E-state index contributed by atoms with van der Waals surface area (Å²) >= 11 is 3.45. The number of H-pyrrole nitrogens is 1. The van der Waals surface area contributed by atoms with E-state index in [0.29, 0.717) is 0 Å². The van der Waals surface area contributed by atoms with Crippen LogP contribution in [0.5, 0.6) is 5.75 Å². The monoisotopic (exact) mass is 280 g/mol. The minimum Gasteiger partial charge on any atom is -0.496 e. The van der Waals surface area contributed by atoms with E-state index in [1.807, 2.05) is 13.0 Å². The molecular weight excluding hydrogens is 268 g/mol. The van der Waals surface area contributed by atoms with E-state index in [9.17, 15) is 0 Å². The predicted octanol–water partition coefficient (Wildman–Crippen LogP) is 3.46. The number of aryl methyl sites for hydroxylation is 2. The summed E-state index contributed by atoms with van der Waals surface area (Å²) in [6.07, 6.45) is 1.68. The zero-order chi connectivity index (χ0) is 11.7. The summed E-state index contributed by atoms with van der Waals surface area (Å²) in [4.78, 5) is 7.32. The second kappa shape index (κ2) is 4.29. The Hall–Kier alpha value is -1.29. The molecule has 84 valence electrons. The summed E-state index contributed by atoms with van der Waals surface area (Å²) in [7, 11) is 1.69. The van der Waals surface area contributed by atoms with Crippen molar-refractivity contribution in [2.24, 2.45) is 0 Å². The van der Waals surface area contributed by atoms with Crippen LogP contribution in [0.3, 0.4) is 0 Å². The van der Waals surface area contributed by atoms with Gasteiger partial charge < -0.3 is 9.72 Å². The van der Waals surface area contributed by atoms with Crippen molar-refractivity contribution in [3.8, 4) is 17.0 Å². The lowest BCUT2D eigenvalue weighted by Crippen LogP contribution is -1.91. The van der Waals surface area contributed by atoms with E-state index < -0.39 is 0 Å². The molecule has 1 aromatic carbocycles. The first-order valence-corrected chi connectivity index (χ1v) is 5.77. The van der Waals surface area contributed by atoms with E-state index in [4.69, 9.17) is 4.74 Å². The molecule has 0 amide bonds. The summed E-state index contributed by atoms with van der Waals surface area (Å²) < 4.78 is 6.19. The molecule has 0 spiro atoms. The molecule has 1 heterocycles. The fourth-order valence-corrected chi connectivity index (χ4v) is 2.15. The van der Waals surface area contributed by atoms with E-state index in [1.165, 1.54) is 0 Å². The van der Waals surface area contributed by atoms with Gasteiger partial charge in [-0.3, -0.25) is 0 Å². The zero-order valence-electron chi connectivity index (χ0n) is 9.47. The zero-order valence-corrected chi connectivity index (χ0v) is 11.1. The molecule has 0 aliphatic heterocycles. The molecule has 0 aliphatic rings. The highest BCUT2D eigenvalue weighted by molar-refractivity contribution is 9.10. The fraction of sp³-hybridized carbons (Fsp3) is 0.250. The maximum atomic E-state index is 5.29. The molecule has 3 nitrogen and oxygen atoms in total. The molecule has 0 saturated heterocycles. The van der Waals surface area contributed by atoms with Gasteiger partial charge in [-0.25, -0.2) is 4.98 Å². The van der Waals surface area contributed by atoms with Gasteiger partial charge >= 0.3 is 0 Å². The van der Waals surface area contributed by atoms with Gasteiger partial charge in [-0.05, 0) is 53.0 Å². The summed E-state index contributed by atoms with van der Waals surface area (Å²) in [6, 6.07) is 4.13. The number of rotatable bonds is 2.